The maximum atomic E-state index is 13.4. The minimum Gasteiger partial charge on any atom is -0.349 e. The molecule has 0 saturated heterocycles. The fourth-order valence-electron chi connectivity index (χ4n) is 2.36. The van der Waals surface area contributed by atoms with Crippen LogP contribution in [0, 0.1) is 5.82 Å². The number of nitrogens with one attached hydrogen (secondary N) is 1. The number of carbonyl (C=O) groups is 1. The number of rotatable bonds is 4. The summed E-state index contributed by atoms with van der Waals surface area (Å²) in [6.45, 7) is 2.15. The average molecular weight is 346 g/mol. The van der Waals surface area contributed by atoms with Crippen molar-refractivity contribution in [1.29, 1.82) is 0 Å². The van der Waals surface area contributed by atoms with Crippen LogP contribution in [0.15, 0.2) is 22.7 Å². The van der Waals surface area contributed by atoms with E-state index in [-0.39, 0.29) is 11.9 Å². The van der Waals surface area contributed by atoms with E-state index in [1.165, 1.54) is 6.07 Å². The Labute approximate surface area is 125 Å². The Kier molecular flexibility index (Phi) is 5.28. The van der Waals surface area contributed by atoms with Gasteiger partial charge in [0.05, 0.1) is 4.47 Å². The molecular formula is C14H17BrFNOS. The Hall–Kier alpha value is -0.550. The molecule has 19 heavy (non-hydrogen) atoms. The lowest BCUT2D eigenvalue weighted by molar-refractivity contribution is 0.0937. The second-order valence-corrected chi connectivity index (χ2v) is 7.12. The first-order valence-electron chi connectivity index (χ1n) is 6.47. The fourth-order valence-corrected chi connectivity index (χ4v) is 3.75. The molecule has 2 atom stereocenters. The van der Waals surface area contributed by atoms with Crippen molar-refractivity contribution < 1.29 is 9.18 Å². The Morgan fingerprint density at radius 1 is 1.53 bits per heavy atom. The zero-order chi connectivity index (χ0) is 13.8. The molecule has 0 bridgehead atoms. The highest BCUT2D eigenvalue weighted by Crippen LogP contribution is 2.29. The molecule has 1 amide bonds. The number of amides is 1. The molecule has 2 unspecified atom stereocenters. The first-order chi connectivity index (χ1) is 9.10. The van der Waals surface area contributed by atoms with Gasteiger partial charge >= 0.3 is 0 Å². The molecule has 1 aromatic carbocycles. The average Bonchev–Trinajstić information content (AvgIpc) is 2.80. The van der Waals surface area contributed by atoms with Crippen molar-refractivity contribution in [2.75, 3.05) is 5.75 Å². The molecule has 0 aliphatic heterocycles. The van der Waals surface area contributed by atoms with Gasteiger partial charge in [0.2, 0.25) is 0 Å². The van der Waals surface area contributed by atoms with Gasteiger partial charge in [-0.1, -0.05) is 6.92 Å². The van der Waals surface area contributed by atoms with E-state index in [0.29, 0.717) is 15.3 Å². The summed E-state index contributed by atoms with van der Waals surface area (Å²) in [5, 5.41) is 3.65. The first kappa shape index (κ1) is 14.9. The summed E-state index contributed by atoms with van der Waals surface area (Å²) < 4.78 is 13.8. The van der Waals surface area contributed by atoms with E-state index in [0.717, 1.165) is 25.0 Å². The SMILES string of the molecule is CCSC1CCC(NC(=O)c2ccc(Br)c(F)c2)C1. The molecule has 104 valence electrons. The summed E-state index contributed by atoms with van der Waals surface area (Å²) in [6, 6.07) is 4.69. The predicted octanol–water partition coefficient (Wildman–Crippen LogP) is 3.99. The van der Waals surface area contributed by atoms with Crippen LogP contribution in [0.25, 0.3) is 0 Å². The third-order valence-corrected chi connectivity index (χ3v) is 5.18. The molecule has 1 aliphatic carbocycles. The van der Waals surface area contributed by atoms with Crippen molar-refractivity contribution in [2.45, 2.75) is 37.5 Å². The van der Waals surface area contributed by atoms with Crippen LogP contribution in [0.4, 0.5) is 4.39 Å². The van der Waals surface area contributed by atoms with Gasteiger partial charge in [0.15, 0.2) is 0 Å². The molecule has 1 aromatic rings. The van der Waals surface area contributed by atoms with Crippen LogP contribution in [0.2, 0.25) is 0 Å². The van der Waals surface area contributed by atoms with Crippen LogP contribution in [0.1, 0.15) is 36.5 Å². The zero-order valence-corrected chi connectivity index (χ0v) is 13.2. The highest BCUT2D eigenvalue weighted by molar-refractivity contribution is 9.10. The predicted molar refractivity (Wildman–Crippen MR) is 81.1 cm³/mol. The summed E-state index contributed by atoms with van der Waals surface area (Å²) in [6.07, 6.45) is 3.18. The summed E-state index contributed by atoms with van der Waals surface area (Å²) in [4.78, 5) is 12.0. The number of carbonyl (C=O) groups excluding carboxylic acids is 1. The maximum absolute atomic E-state index is 13.4. The van der Waals surface area contributed by atoms with Gasteiger partial charge in [-0.2, -0.15) is 11.8 Å². The standard InChI is InChI=1S/C14H17BrFNOS/c1-2-19-11-5-4-10(8-11)17-14(18)9-3-6-12(15)13(16)7-9/h3,6-7,10-11H,2,4-5,8H2,1H3,(H,17,18). The Morgan fingerprint density at radius 2 is 2.32 bits per heavy atom. The summed E-state index contributed by atoms with van der Waals surface area (Å²) >= 11 is 5.03. The lowest BCUT2D eigenvalue weighted by Gasteiger charge is -2.13. The molecule has 0 spiro atoms. The maximum Gasteiger partial charge on any atom is 0.251 e. The van der Waals surface area contributed by atoms with Gasteiger partial charge in [-0.05, 0) is 59.1 Å². The molecule has 2 rings (SSSR count). The summed E-state index contributed by atoms with van der Waals surface area (Å²) in [5.41, 5.74) is 0.382. The van der Waals surface area contributed by atoms with Crippen LogP contribution in [-0.2, 0) is 0 Å². The minimum absolute atomic E-state index is 0.182. The van der Waals surface area contributed by atoms with E-state index in [9.17, 15) is 9.18 Å². The third-order valence-electron chi connectivity index (χ3n) is 3.30. The van der Waals surface area contributed by atoms with Crippen molar-refractivity contribution in [1.82, 2.24) is 5.32 Å². The number of benzene rings is 1. The van der Waals surface area contributed by atoms with Crippen LogP contribution in [0.5, 0.6) is 0 Å². The van der Waals surface area contributed by atoms with E-state index in [4.69, 9.17) is 0 Å². The molecule has 0 aromatic heterocycles. The smallest absolute Gasteiger partial charge is 0.251 e. The Bertz CT molecular complexity index is 469. The molecule has 5 heteroatoms. The first-order valence-corrected chi connectivity index (χ1v) is 8.32. The monoisotopic (exact) mass is 345 g/mol. The lowest BCUT2D eigenvalue weighted by Crippen LogP contribution is -2.33. The Balaban J connectivity index is 1.92. The van der Waals surface area contributed by atoms with Gasteiger partial charge in [0, 0.05) is 16.9 Å². The van der Waals surface area contributed by atoms with Crippen molar-refractivity contribution in [3.05, 3.63) is 34.1 Å². The molecule has 0 heterocycles. The van der Waals surface area contributed by atoms with Crippen molar-refractivity contribution >= 4 is 33.6 Å². The fraction of sp³-hybridized carbons (Fsp3) is 0.500. The molecule has 2 nitrogen and oxygen atoms in total. The normalized spacial score (nSPS) is 22.5. The Morgan fingerprint density at radius 3 is 3.00 bits per heavy atom. The van der Waals surface area contributed by atoms with Gasteiger partial charge in [-0.3, -0.25) is 4.79 Å². The van der Waals surface area contributed by atoms with Gasteiger partial charge in [0.1, 0.15) is 5.82 Å². The molecule has 0 radical (unpaired) electrons. The van der Waals surface area contributed by atoms with Gasteiger partial charge in [0.25, 0.3) is 5.91 Å². The third kappa shape index (κ3) is 3.96. The highest BCUT2D eigenvalue weighted by Gasteiger charge is 2.26. The number of hydrogen-bond acceptors (Lipinski definition) is 2. The summed E-state index contributed by atoms with van der Waals surface area (Å²) in [7, 11) is 0. The van der Waals surface area contributed by atoms with Crippen molar-refractivity contribution in [3.8, 4) is 0 Å². The second-order valence-electron chi connectivity index (χ2n) is 4.69. The van der Waals surface area contributed by atoms with Crippen LogP contribution in [-0.4, -0.2) is 23.0 Å². The number of hydrogen-bond donors (Lipinski definition) is 1. The molecule has 1 fully saturated rings. The van der Waals surface area contributed by atoms with E-state index in [2.05, 4.69) is 28.2 Å². The summed E-state index contributed by atoms with van der Waals surface area (Å²) in [5.74, 6) is 0.528. The largest absolute Gasteiger partial charge is 0.349 e. The van der Waals surface area contributed by atoms with E-state index >= 15 is 0 Å². The van der Waals surface area contributed by atoms with Crippen molar-refractivity contribution in [2.24, 2.45) is 0 Å². The van der Waals surface area contributed by atoms with Crippen LogP contribution < -0.4 is 5.32 Å². The number of thioether (sulfide) groups is 1. The minimum atomic E-state index is -0.404. The molecule has 1 N–H and O–H groups in total. The van der Waals surface area contributed by atoms with Gasteiger partial charge in [-0.15, -0.1) is 0 Å². The second kappa shape index (κ2) is 6.75. The lowest BCUT2D eigenvalue weighted by atomic mass is 10.2. The highest BCUT2D eigenvalue weighted by atomic mass is 79.9. The molecule has 1 saturated carbocycles. The van der Waals surface area contributed by atoms with E-state index < -0.39 is 5.82 Å². The van der Waals surface area contributed by atoms with Crippen LogP contribution >= 0.6 is 27.7 Å². The quantitative estimate of drug-likeness (QED) is 0.893. The van der Waals surface area contributed by atoms with E-state index in [1.54, 1.807) is 12.1 Å². The molecular weight excluding hydrogens is 329 g/mol. The van der Waals surface area contributed by atoms with Gasteiger partial charge in [-0.25, -0.2) is 4.39 Å². The topological polar surface area (TPSA) is 29.1 Å². The number of halogens is 2. The molecule has 1 aliphatic rings. The zero-order valence-electron chi connectivity index (χ0n) is 10.8. The van der Waals surface area contributed by atoms with E-state index in [1.807, 2.05) is 11.8 Å². The van der Waals surface area contributed by atoms with Crippen molar-refractivity contribution in [3.63, 3.8) is 0 Å². The van der Waals surface area contributed by atoms with Crippen LogP contribution in [0.3, 0.4) is 0 Å². The van der Waals surface area contributed by atoms with Gasteiger partial charge < -0.3 is 5.32 Å².